The number of hydrogen-bond donors (Lipinski definition) is 1. The van der Waals surface area contributed by atoms with Gasteiger partial charge in [-0.2, -0.15) is 0 Å². The molecule has 2 amide bonds. The summed E-state index contributed by atoms with van der Waals surface area (Å²) in [6.07, 6.45) is 1.16. The molecule has 0 aliphatic carbocycles. The van der Waals surface area contributed by atoms with Crippen molar-refractivity contribution in [2.24, 2.45) is 0 Å². The summed E-state index contributed by atoms with van der Waals surface area (Å²) in [6, 6.07) is 23.1. The molecule has 1 unspecified atom stereocenters. The summed E-state index contributed by atoms with van der Waals surface area (Å²) in [5, 5.41) is 3.99. The maximum Gasteiger partial charge on any atom is 0.261 e. The number of nitrogens with one attached hydrogen (secondary N) is 1. The van der Waals surface area contributed by atoms with Crippen LogP contribution in [-0.2, 0) is 22.6 Å². The fourth-order valence-corrected chi connectivity index (χ4v) is 3.89. The van der Waals surface area contributed by atoms with Crippen LogP contribution < -0.4 is 10.1 Å². The predicted molar refractivity (Wildman–Crippen MR) is 136 cm³/mol. The zero-order valence-corrected chi connectivity index (χ0v) is 20.6. The molecule has 0 heterocycles. The fourth-order valence-electron chi connectivity index (χ4n) is 3.51. The van der Waals surface area contributed by atoms with E-state index in [9.17, 15) is 9.59 Å². The Hall–Kier alpha value is -3.02. The molecular formula is C27H28Cl2N2O3. The quantitative estimate of drug-likeness (QED) is 0.377. The number of hydrogen-bond acceptors (Lipinski definition) is 3. The van der Waals surface area contributed by atoms with E-state index in [4.69, 9.17) is 27.9 Å². The van der Waals surface area contributed by atoms with Gasteiger partial charge in [-0.1, -0.05) is 84.7 Å². The van der Waals surface area contributed by atoms with Gasteiger partial charge < -0.3 is 15.0 Å². The Morgan fingerprint density at radius 3 is 2.41 bits per heavy atom. The highest BCUT2D eigenvalue weighted by molar-refractivity contribution is 6.31. The van der Waals surface area contributed by atoms with Crippen molar-refractivity contribution in [3.05, 3.63) is 100 Å². The van der Waals surface area contributed by atoms with E-state index in [1.54, 1.807) is 35.2 Å². The van der Waals surface area contributed by atoms with Crippen molar-refractivity contribution in [2.75, 3.05) is 13.2 Å². The third-order valence-corrected chi connectivity index (χ3v) is 5.88. The van der Waals surface area contributed by atoms with E-state index in [0.717, 1.165) is 17.5 Å². The molecule has 0 saturated heterocycles. The topological polar surface area (TPSA) is 58.6 Å². The summed E-state index contributed by atoms with van der Waals surface area (Å²) in [4.78, 5) is 28.3. The van der Waals surface area contributed by atoms with Crippen molar-refractivity contribution in [2.45, 2.75) is 32.4 Å². The van der Waals surface area contributed by atoms with Gasteiger partial charge in [-0.3, -0.25) is 9.59 Å². The second-order valence-electron chi connectivity index (χ2n) is 7.86. The molecule has 34 heavy (non-hydrogen) atoms. The molecule has 0 radical (unpaired) electrons. The number of carbonyl (C=O) groups excluding carboxylic acids is 2. The molecule has 0 spiro atoms. The van der Waals surface area contributed by atoms with Crippen LogP contribution in [0.2, 0.25) is 10.0 Å². The molecule has 5 nitrogen and oxygen atoms in total. The minimum absolute atomic E-state index is 0.175. The summed E-state index contributed by atoms with van der Waals surface area (Å²) >= 11 is 12.4. The van der Waals surface area contributed by atoms with Crippen LogP contribution in [0.15, 0.2) is 78.9 Å². The highest BCUT2D eigenvalue weighted by atomic mass is 35.5. The first kappa shape index (κ1) is 25.6. The van der Waals surface area contributed by atoms with Gasteiger partial charge in [-0.15, -0.1) is 0 Å². The van der Waals surface area contributed by atoms with Gasteiger partial charge in [0.1, 0.15) is 11.8 Å². The largest absolute Gasteiger partial charge is 0.484 e. The van der Waals surface area contributed by atoms with Crippen LogP contribution in [0.25, 0.3) is 0 Å². The lowest BCUT2D eigenvalue weighted by atomic mass is 10.0. The molecule has 1 atom stereocenters. The third-order valence-electron chi connectivity index (χ3n) is 5.28. The van der Waals surface area contributed by atoms with Crippen molar-refractivity contribution in [1.29, 1.82) is 0 Å². The molecule has 3 aromatic carbocycles. The van der Waals surface area contributed by atoms with Gasteiger partial charge in [0.25, 0.3) is 5.91 Å². The maximum atomic E-state index is 13.5. The molecule has 7 heteroatoms. The third kappa shape index (κ3) is 7.51. The van der Waals surface area contributed by atoms with Crippen LogP contribution in [0.1, 0.15) is 24.5 Å². The molecule has 0 aromatic heterocycles. The average Bonchev–Trinajstić information content (AvgIpc) is 2.85. The van der Waals surface area contributed by atoms with Crippen LogP contribution in [0.5, 0.6) is 5.75 Å². The number of nitrogens with zero attached hydrogens (tertiary/aromatic N) is 1. The van der Waals surface area contributed by atoms with Crippen LogP contribution in [0, 0.1) is 0 Å². The van der Waals surface area contributed by atoms with E-state index >= 15 is 0 Å². The minimum atomic E-state index is -0.735. The van der Waals surface area contributed by atoms with Crippen molar-refractivity contribution in [3.63, 3.8) is 0 Å². The van der Waals surface area contributed by atoms with Crippen molar-refractivity contribution >= 4 is 35.0 Å². The highest BCUT2D eigenvalue weighted by Crippen LogP contribution is 2.21. The zero-order valence-electron chi connectivity index (χ0n) is 19.0. The number of amides is 2. The molecule has 0 bridgehead atoms. The number of ether oxygens (including phenoxy) is 1. The number of benzene rings is 3. The van der Waals surface area contributed by atoms with Gasteiger partial charge in [-0.25, -0.2) is 0 Å². The number of carbonyl (C=O) groups is 2. The van der Waals surface area contributed by atoms with E-state index in [-0.39, 0.29) is 25.0 Å². The lowest BCUT2D eigenvalue weighted by Gasteiger charge is -2.31. The first-order chi connectivity index (χ1) is 16.5. The molecule has 3 aromatic rings. The van der Waals surface area contributed by atoms with E-state index in [2.05, 4.69) is 5.32 Å². The minimum Gasteiger partial charge on any atom is -0.484 e. The van der Waals surface area contributed by atoms with Crippen LogP contribution in [-0.4, -0.2) is 35.9 Å². The van der Waals surface area contributed by atoms with Crippen molar-refractivity contribution < 1.29 is 14.3 Å². The highest BCUT2D eigenvalue weighted by Gasteiger charge is 2.31. The van der Waals surface area contributed by atoms with E-state index in [0.29, 0.717) is 28.8 Å². The lowest BCUT2D eigenvalue weighted by molar-refractivity contribution is -0.142. The van der Waals surface area contributed by atoms with E-state index in [1.165, 1.54) is 0 Å². The summed E-state index contributed by atoms with van der Waals surface area (Å²) in [7, 11) is 0. The van der Waals surface area contributed by atoms with Crippen LogP contribution in [0.3, 0.4) is 0 Å². The molecule has 1 N–H and O–H groups in total. The monoisotopic (exact) mass is 498 g/mol. The SMILES string of the molecule is CCCNC(=O)C(Cc1ccccc1)N(Cc1ccccc1Cl)C(=O)COc1cccc(Cl)c1. The Morgan fingerprint density at radius 2 is 1.71 bits per heavy atom. The maximum absolute atomic E-state index is 13.5. The lowest BCUT2D eigenvalue weighted by Crippen LogP contribution is -2.51. The standard InChI is InChI=1S/C27H28Cl2N2O3/c1-2-15-30-27(33)25(16-20-9-4-3-5-10-20)31(18-21-11-6-7-14-24(21)29)26(32)19-34-23-13-8-12-22(28)17-23/h3-14,17,25H,2,15-16,18-19H2,1H3,(H,30,33). The summed E-state index contributed by atoms with van der Waals surface area (Å²) in [6.45, 7) is 2.45. The first-order valence-electron chi connectivity index (χ1n) is 11.2. The number of rotatable bonds is 11. The first-order valence-corrected chi connectivity index (χ1v) is 12.0. The second kappa shape index (κ2) is 13.0. The zero-order chi connectivity index (χ0) is 24.3. The van der Waals surface area contributed by atoms with Crippen molar-refractivity contribution in [1.82, 2.24) is 10.2 Å². The van der Waals surface area contributed by atoms with E-state index in [1.807, 2.05) is 55.5 Å². The van der Waals surface area contributed by atoms with Gasteiger partial charge in [0.05, 0.1) is 0 Å². The Kier molecular flexibility index (Phi) is 9.80. The number of halogens is 2. The molecule has 178 valence electrons. The second-order valence-corrected chi connectivity index (χ2v) is 8.70. The van der Waals surface area contributed by atoms with Crippen molar-refractivity contribution in [3.8, 4) is 5.75 Å². The van der Waals surface area contributed by atoms with Gasteiger partial charge in [0.15, 0.2) is 6.61 Å². The van der Waals surface area contributed by atoms with E-state index < -0.39 is 6.04 Å². The molecule has 0 aliphatic rings. The van der Waals surface area contributed by atoms with Gasteiger partial charge >= 0.3 is 0 Å². The molecular weight excluding hydrogens is 471 g/mol. The normalized spacial score (nSPS) is 11.5. The van der Waals surface area contributed by atoms with Gasteiger partial charge in [-0.05, 0) is 41.8 Å². The Morgan fingerprint density at radius 1 is 0.971 bits per heavy atom. The van der Waals surface area contributed by atoms with Gasteiger partial charge in [0, 0.05) is 29.6 Å². The predicted octanol–water partition coefficient (Wildman–Crippen LogP) is 5.54. The average molecular weight is 499 g/mol. The molecule has 0 fully saturated rings. The Bertz CT molecular complexity index is 1090. The fraction of sp³-hybridized carbons (Fsp3) is 0.259. The van der Waals surface area contributed by atoms with Gasteiger partial charge in [0.2, 0.25) is 5.91 Å². The molecule has 3 rings (SSSR count). The summed E-state index contributed by atoms with van der Waals surface area (Å²) in [5.41, 5.74) is 1.70. The Labute approximate surface area is 210 Å². The Balaban J connectivity index is 1.90. The smallest absolute Gasteiger partial charge is 0.261 e. The molecule has 0 saturated carbocycles. The van der Waals surface area contributed by atoms with Crippen LogP contribution in [0.4, 0.5) is 0 Å². The van der Waals surface area contributed by atoms with Crippen LogP contribution >= 0.6 is 23.2 Å². The summed E-state index contributed by atoms with van der Waals surface area (Å²) in [5.74, 6) is -0.0603. The molecule has 0 aliphatic heterocycles. The summed E-state index contributed by atoms with van der Waals surface area (Å²) < 4.78 is 5.72.